The van der Waals surface area contributed by atoms with Crippen molar-refractivity contribution in [1.29, 1.82) is 0 Å². The minimum atomic E-state index is -0.651. The Labute approximate surface area is 187 Å². The van der Waals surface area contributed by atoms with Crippen molar-refractivity contribution in [3.63, 3.8) is 0 Å². The summed E-state index contributed by atoms with van der Waals surface area (Å²) in [6.45, 7) is 4.63. The van der Waals surface area contributed by atoms with E-state index in [9.17, 15) is 5.11 Å². The number of aromatic nitrogens is 3. The Morgan fingerprint density at radius 3 is 2.91 bits per heavy atom. The van der Waals surface area contributed by atoms with Crippen molar-refractivity contribution in [3.8, 4) is 16.8 Å². The number of nitrogens with one attached hydrogen (secondary N) is 2. The molecule has 2 fully saturated rings. The van der Waals surface area contributed by atoms with E-state index in [0.29, 0.717) is 32.4 Å². The molecular weight excluding hydrogens is 406 g/mol. The molecule has 1 saturated heterocycles. The fourth-order valence-electron chi connectivity index (χ4n) is 3.83. The van der Waals surface area contributed by atoms with Gasteiger partial charge in [-0.1, -0.05) is 12.1 Å². The lowest BCUT2D eigenvalue weighted by Crippen LogP contribution is -2.34. The second-order valence-electron chi connectivity index (χ2n) is 8.47. The Balaban J connectivity index is 1.31. The first-order chi connectivity index (χ1) is 15.7. The molecule has 2 aromatic heterocycles. The van der Waals surface area contributed by atoms with Crippen molar-refractivity contribution in [2.24, 2.45) is 0 Å². The molecule has 1 aliphatic carbocycles. The standard InChI is InChI=1S/C24H29N5O3/c1-16-2-3-17(24(30)28-19-4-5-19)8-23(16)18-10-27-29(14-18)21-9-20(11-25-12-21)26-13-22-15-31-6-7-32-22/h2-3,8-12,14,19,22,24,26,28,30H,4-7,13,15H2,1H3. The quantitative estimate of drug-likeness (QED) is 0.469. The van der Waals surface area contributed by atoms with Crippen molar-refractivity contribution in [3.05, 3.63) is 60.2 Å². The summed E-state index contributed by atoms with van der Waals surface area (Å²) in [4.78, 5) is 4.36. The number of nitrogens with zero attached hydrogens (tertiary/aromatic N) is 3. The van der Waals surface area contributed by atoms with Gasteiger partial charge in [0, 0.05) is 24.3 Å². The predicted octanol–water partition coefficient (Wildman–Crippen LogP) is 2.81. The van der Waals surface area contributed by atoms with Crippen LogP contribution in [0.25, 0.3) is 16.8 Å². The number of pyridine rings is 1. The fourth-order valence-corrected chi connectivity index (χ4v) is 3.83. The first-order valence-corrected chi connectivity index (χ1v) is 11.1. The summed E-state index contributed by atoms with van der Waals surface area (Å²) in [5, 5.41) is 21.7. The van der Waals surface area contributed by atoms with Crippen LogP contribution in [-0.2, 0) is 9.47 Å². The smallest absolute Gasteiger partial charge is 0.131 e. The lowest BCUT2D eigenvalue weighted by atomic mass is 10.00. The molecule has 1 aromatic carbocycles. The zero-order chi connectivity index (χ0) is 21.9. The van der Waals surface area contributed by atoms with Gasteiger partial charge < -0.3 is 19.9 Å². The van der Waals surface area contributed by atoms with Crippen molar-refractivity contribution in [1.82, 2.24) is 20.1 Å². The maximum absolute atomic E-state index is 10.5. The fraction of sp³-hybridized carbons (Fsp3) is 0.417. The lowest BCUT2D eigenvalue weighted by Gasteiger charge is -2.23. The average molecular weight is 436 g/mol. The van der Waals surface area contributed by atoms with Gasteiger partial charge >= 0.3 is 0 Å². The predicted molar refractivity (Wildman–Crippen MR) is 122 cm³/mol. The highest BCUT2D eigenvalue weighted by atomic mass is 16.6. The third-order valence-electron chi connectivity index (χ3n) is 5.85. The molecule has 32 heavy (non-hydrogen) atoms. The van der Waals surface area contributed by atoms with Gasteiger partial charge in [-0.2, -0.15) is 5.10 Å². The maximum Gasteiger partial charge on any atom is 0.131 e. The summed E-state index contributed by atoms with van der Waals surface area (Å²) in [7, 11) is 0. The van der Waals surface area contributed by atoms with E-state index in [1.807, 2.05) is 41.3 Å². The molecule has 0 radical (unpaired) electrons. The summed E-state index contributed by atoms with van der Waals surface area (Å²) in [5.74, 6) is 0. The van der Waals surface area contributed by atoms with E-state index in [0.717, 1.165) is 46.5 Å². The van der Waals surface area contributed by atoms with E-state index >= 15 is 0 Å². The SMILES string of the molecule is Cc1ccc(C(O)NC2CC2)cc1-c1cnn(-c2cncc(NCC3COCCO3)c2)c1. The molecule has 1 saturated carbocycles. The third-order valence-corrected chi connectivity index (χ3v) is 5.85. The van der Waals surface area contributed by atoms with Crippen LogP contribution in [0.15, 0.2) is 49.1 Å². The van der Waals surface area contributed by atoms with E-state index in [2.05, 4.69) is 27.6 Å². The molecule has 2 aliphatic rings. The minimum absolute atomic E-state index is 0.0451. The summed E-state index contributed by atoms with van der Waals surface area (Å²) in [5.41, 5.74) is 5.82. The zero-order valence-electron chi connectivity index (χ0n) is 18.2. The third kappa shape index (κ3) is 4.99. The number of aliphatic hydroxyl groups excluding tert-OH is 1. The molecule has 168 valence electrons. The van der Waals surface area contributed by atoms with E-state index in [1.165, 1.54) is 0 Å². The van der Waals surface area contributed by atoms with E-state index in [-0.39, 0.29) is 6.10 Å². The normalized spacial score (nSPS) is 19.6. The van der Waals surface area contributed by atoms with Crippen molar-refractivity contribution < 1.29 is 14.6 Å². The van der Waals surface area contributed by atoms with Gasteiger partial charge in [0.15, 0.2) is 0 Å². The summed E-state index contributed by atoms with van der Waals surface area (Å²) >= 11 is 0. The second kappa shape index (κ2) is 9.38. The molecule has 0 bridgehead atoms. The number of ether oxygens (including phenoxy) is 2. The second-order valence-corrected chi connectivity index (χ2v) is 8.47. The highest BCUT2D eigenvalue weighted by Crippen LogP contribution is 2.29. The number of anilines is 1. The molecule has 8 nitrogen and oxygen atoms in total. The molecule has 2 unspecified atom stereocenters. The topological polar surface area (TPSA) is 93.5 Å². The number of hydrogen-bond acceptors (Lipinski definition) is 7. The molecule has 2 atom stereocenters. The van der Waals surface area contributed by atoms with Gasteiger partial charge in [-0.05, 0) is 48.6 Å². The molecule has 3 N–H and O–H groups in total. The first kappa shape index (κ1) is 21.1. The Hall–Kier alpha value is -2.78. The number of aryl methyl sites for hydroxylation is 1. The van der Waals surface area contributed by atoms with Gasteiger partial charge in [-0.15, -0.1) is 0 Å². The van der Waals surface area contributed by atoms with Crippen LogP contribution in [0.4, 0.5) is 5.69 Å². The van der Waals surface area contributed by atoms with Crippen LogP contribution in [0.5, 0.6) is 0 Å². The number of aliphatic hydroxyl groups is 1. The van der Waals surface area contributed by atoms with E-state index in [4.69, 9.17) is 9.47 Å². The highest BCUT2D eigenvalue weighted by Gasteiger charge is 2.24. The number of benzene rings is 1. The van der Waals surface area contributed by atoms with Crippen molar-refractivity contribution in [2.45, 2.75) is 38.1 Å². The number of rotatable bonds is 8. The molecule has 0 spiro atoms. The molecule has 3 aromatic rings. The molecule has 8 heteroatoms. The van der Waals surface area contributed by atoms with Crippen LogP contribution in [0.2, 0.25) is 0 Å². The molecule has 1 aliphatic heterocycles. The van der Waals surface area contributed by atoms with Crippen LogP contribution >= 0.6 is 0 Å². The lowest BCUT2D eigenvalue weighted by molar-refractivity contribution is -0.0818. The van der Waals surface area contributed by atoms with Crippen molar-refractivity contribution in [2.75, 3.05) is 31.7 Å². The minimum Gasteiger partial charge on any atom is -0.381 e. The van der Waals surface area contributed by atoms with Gasteiger partial charge in [0.2, 0.25) is 0 Å². The first-order valence-electron chi connectivity index (χ1n) is 11.1. The maximum atomic E-state index is 10.5. The Morgan fingerprint density at radius 1 is 1.19 bits per heavy atom. The van der Waals surface area contributed by atoms with E-state index in [1.54, 1.807) is 12.4 Å². The van der Waals surface area contributed by atoms with Gasteiger partial charge in [0.05, 0.1) is 55.9 Å². The Morgan fingerprint density at radius 2 is 2.09 bits per heavy atom. The average Bonchev–Trinajstić information content (AvgIpc) is 3.50. The van der Waals surface area contributed by atoms with Gasteiger partial charge in [0.1, 0.15) is 6.23 Å². The van der Waals surface area contributed by atoms with Crippen LogP contribution in [0.3, 0.4) is 0 Å². The molecule has 0 amide bonds. The highest BCUT2D eigenvalue weighted by molar-refractivity contribution is 5.67. The van der Waals surface area contributed by atoms with E-state index < -0.39 is 6.23 Å². The van der Waals surface area contributed by atoms with Crippen LogP contribution in [0.1, 0.15) is 30.2 Å². The number of hydrogen-bond donors (Lipinski definition) is 3. The van der Waals surface area contributed by atoms with Crippen molar-refractivity contribution >= 4 is 5.69 Å². The van der Waals surface area contributed by atoms with Crippen LogP contribution in [0, 0.1) is 6.92 Å². The Bertz CT molecular complexity index is 1060. The van der Waals surface area contributed by atoms with Gasteiger partial charge in [0.25, 0.3) is 0 Å². The summed E-state index contributed by atoms with van der Waals surface area (Å²) < 4.78 is 12.9. The summed E-state index contributed by atoms with van der Waals surface area (Å²) in [6, 6.07) is 8.51. The molecule has 5 rings (SSSR count). The van der Waals surface area contributed by atoms with Crippen LogP contribution < -0.4 is 10.6 Å². The summed E-state index contributed by atoms with van der Waals surface area (Å²) in [6.07, 6.45) is 9.07. The zero-order valence-corrected chi connectivity index (χ0v) is 18.2. The Kier molecular flexibility index (Phi) is 6.18. The largest absolute Gasteiger partial charge is 0.381 e. The van der Waals surface area contributed by atoms with Gasteiger partial charge in [-0.25, -0.2) is 4.68 Å². The molecule has 3 heterocycles. The monoisotopic (exact) mass is 435 g/mol. The van der Waals surface area contributed by atoms with Gasteiger partial charge in [-0.3, -0.25) is 10.3 Å². The molecular formula is C24H29N5O3. The van der Waals surface area contributed by atoms with Crippen LogP contribution in [-0.4, -0.2) is 58.4 Å².